The van der Waals surface area contributed by atoms with Crippen molar-refractivity contribution in [2.75, 3.05) is 18.7 Å². The first-order valence-electron chi connectivity index (χ1n) is 4.20. The number of hydrogen-bond donors (Lipinski definition) is 1. The van der Waals surface area contributed by atoms with Gasteiger partial charge in [0, 0.05) is 10.6 Å². The second kappa shape index (κ2) is 5.41. The lowest BCUT2D eigenvalue weighted by molar-refractivity contribution is -0.150. The van der Waals surface area contributed by atoms with E-state index in [9.17, 15) is 9.59 Å². The molecule has 0 heterocycles. The van der Waals surface area contributed by atoms with Gasteiger partial charge in [-0.2, -0.15) is 0 Å². The molecule has 0 atom stereocenters. The van der Waals surface area contributed by atoms with Crippen molar-refractivity contribution in [2.24, 2.45) is 0 Å². The molecule has 0 aliphatic heterocycles. The predicted octanol–water partition coefficient (Wildman–Crippen LogP) is 1.52. The molecule has 1 N–H and O–H groups in total. The summed E-state index contributed by atoms with van der Waals surface area (Å²) < 4.78 is 4.27. The van der Waals surface area contributed by atoms with Gasteiger partial charge >= 0.3 is 11.9 Å². The number of thioether (sulfide) groups is 1. The van der Waals surface area contributed by atoms with Gasteiger partial charge in [-0.3, -0.25) is 4.79 Å². The first-order chi connectivity index (χ1) is 7.17. The minimum absolute atomic E-state index is 0.572. The van der Waals surface area contributed by atoms with Gasteiger partial charge in [0.2, 0.25) is 0 Å². The highest BCUT2D eigenvalue weighted by Gasteiger charge is 2.13. The van der Waals surface area contributed by atoms with Crippen molar-refractivity contribution in [2.45, 2.75) is 4.90 Å². The summed E-state index contributed by atoms with van der Waals surface area (Å²) in [6.45, 7) is 0. The van der Waals surface area contributed by atoms with Crippen LogP contribution in [0.2, 0.25) is 0 Å². The second-order valence-corrected chi connectivity index (χ2v) is 3.55. The highest BCUT2D eigenvalue weighted by Crippen LogP contribution is 2.17. The van der Waals surface area contributed by atoms with Crippen LogP contribution in [0.5, 0.6) is 0 Å². The van der Waals surface area contributed by atoms with Crippen molar-refractivity contribution in [3.8, 4) is 0 Å². The van der Waals surface area contributed by atoms with Crippen molar-refractivity contribution in [1.29, 1.82) is 0 Å². The Morgan fingerprint density at radius 1 is 1.27 bits per heavy atom. The van der Waals surface area contributed by atoms with Crippen molar-refractivity contribution in [3.63, 3.8) is 0 Å². The van der Waals surface area contributed by atoms with Crippen LogP contribution < -0.4 is 5.32 Å². The zero-order valence-corrected chi connectivity index (χ0v) is 9.26. The molecule has 1 amide bonds. The maximum absolute atomic E-state index is 11.1. The number of anilines is 1. The first kappa shape index (κ1) is 11.6. The maximum atomic E-state index is 11.1. The molecule has 1 aromatic rings. The Bertz CT molecular complexity index is 361. The summed E-state index contributed by atoms with van der Waals surface area (Å²) in [6.07, 6.45) is 1.96. The van der Waals surface area contributed by atoms with Gasteiger partial charge in [0.15, 0.2) is 0 Å². The highest BCUT2D eigenvalue weighted by atomic mass is 32.2. The van der Waals surface area contributed by atoms with E-state index in [1.807, 2.05) is 18.4 Å². The quantitative estimate of drug-likeness (QED) is 0.471. The van der Waals surface area contributed by atoms with Crippen LogP contribution in [0.3, 0.4) is 0 Å². The number of hydrogen-bond acceptors (Lipinski definition) is 4. The van der Waals surface area contributed by atoms with E-state index in [-0.39, 0.29) is 0 Å². The molecule has 0 aromatic heterocycles. The monoisotopic (exact) mass is 225 g/mol. The van der Waals surface area contributed by atoms with E-state index in [4.69, 9.17) is 0 Å². The number of methoxy groups -OCH3 is 1. The number of benzene rings is 1. The minimum atomic E-state index is -0.899. The van der Waals surface area contributed by atoms with Crippen LogP contribution in [0.1, 0.15) is 0 Å². The van der Waals surface area contributed by atoms with Gasteiger partial charge < -0.3 is 10.1 Å². The fraction of sp³-hybridized carbons (Fsp3) is 0.200. The summed E-state index contributed by atoms with van der Waals surface area (Å²) in [6, 6.07) is 7.18. The van der Waals surface area contributed by atoms with Gasteiger partial charge in [-0.05, 0) is 30.5 Å². The molecule has 0 saturated heterocycles. The third kappa shape index (κ3) is 3.28. The largest absolute Gasteiger partial charge is 0.462 e. The van der Waals surface area contributed by atoms with Crippen molar-refractivity contribution >= 4 is 29.3 Å². The third-order valence-electron chi connectivity index (χ3n) is 1.72. The maximum Gasteiger partial charge on any atom is 0.396 e. The fourth-order valence-corrected chi connectivity index (χ4v) is 1.36. The van der Waals surface area contributed by atoms with Crippen LogP contribution in [-0.4, -0.2) is 25.2 Å². The Morgan fingerprint density at radius 3 is 2.33 bits per heavy atom. The zero-order chi connectivity index (χ0) is 11.3. The topological polar surface area (TPSA) is 55.4 Å². The van der Waals surface area contributed by atoms with Crippen LogP contribution in [-0.2, 0) is 14.3 Å². The average molecular weight is 225 g/mol. The standard InChI is InChI=1S/C10H11NO3S/c1-14-10(13)9(12)11-7-3-5-8(15-2)6-4-7/h3-6H,1-2H3,(H,11,12). The lowest BCUT2D eigenvalue weighted by Gasteiger charge is -2.03. The summed E-state index contributed by atoms with van der Waals surface area (Å²) in [5.41, 5.74) is 0.572. The molecular formula is C10H11NO3S. The number of ether oxygens (including phenoxy) is 1. The summed E-state index contributed by atoms with van der Waals surface area (Å²) >= 11 is 1.60. The Hall–Kier alpha value is -1.49. The Labute approximate surface area is 92.0 Å². The highest BCUT2D eigenvalue weighted by molar-refractivity contribution is 7.98. The summed E-state index contributed by atoms with van der Waals surface area (Å²) in [4.78, 5) is 23.0. The summed E-state index contributed by atoms with van der Waals surface area (Å²) in [7, 11) is 1.17. The van der Waals surface area contributed by atoms with Gasteiger partial charge in [-0.1, -0.05) is 0 Å². The number of nitrogens with one attached hydrogen (secondary N) is 1. The van der Waals surface area contributed by atoms with E-state index in [2.05, 4.69) is 10.1 Å². The van der Waals surface area contributed by atoms with E-state index in [0.29, 0.717) is 5.69 Å². The number of carbonyl (C=O) groups excluding carboxylic acids is 2. The molecule has 0 aliphatic rings. The van der Waals surface area contributed by atoms with Crippen LogP contribution in [0.15, 0.2) is 29.2 Å². The van der Waals surface area contributed by atoms with Gasteiger partial charge in [-0.25, -0.2) is 4.79 Å². The van der Waals surface area contributed by atoms with Crippen molar-refractivity contribution in [3.05, 3.63) is 24.3 Å². The lowest BCUT2D eigenvalue weighted by atomic mass is 10.3. The predicted molar refractivity (Wildman–Crippen MR) is 58.9 cm³/mol. The zero-order valence-electron chi connectivity index (χ0n) is 8.44. The number of carbonyl (C=O) groups is 2. The molecule has 5 heteroatoms. The molecule has 15 heavy (non-hydrogen) atoms. The Kier molecular flexibility index (Phi) is 4.17. The van der Waals surface area contributed by atoms with E-state index in [1.165, 1.54) is 7.11 Å². The molecule has 1 rings (SSSR count). The molecule has 80 valence electrons. The molecule has 0 saturated carbocycles. The van der Waals surface area contributed by atoms with Gasteiger partial charge in [-0.15, -0.1) is 11.8 Å². The minimum Gasteiger partial charge on any atom is -0.462 e. The van der Waals surface area contributed by atoms with Gasteiger partial charge in [0.05, 0.1) is 7.11 Å². The lowest BCUT2D eigenvalue weighted by Crippen LogP contribution is -2.23. The fourth-order valence-electron chi connectivity index (χ4n) is 0.949. The van der Waals surface area contributed by atoms with E-state index in [0.717, 1.165) is 4.90 Å². The molecule has 1 aromatic carbocycles. The molecule has 0 fully saturated rings. The molecule has 0 spiro atoms. The average Bonchev–Trinajstić information content (AvgIpc) is 2.29. The first-order valence-corrected chi connectivity index (χ1v) is 5.43. The van der Waals surface area contributed by atoms with E-state index >= 15 is 0 Å². The molecule has 0 radical (unpaired) electrons. The SMILES string of the molecule is COC(=O)C(=O)Nc1ccc(SC)cc1. The van der Waals surface area contributed by atoms with Crippen molar-refractivity contribution in [1.82, 2.24) is 0 Å². The summed E-state index contributed by atoms with van der Waals surface area (Å²) in [5.74, 6) is -1.67. The third-order valence-corrected chi connectivity index (χ3v) is 2.46. The molecule has 4 nitrogen and oxygen atoms in total. The smallest absolute Gasteiger partial charge is 0.396 e. The number of rotatable bonds is 2. The van der Waals surface area contributed by atoms with Crippen LogP contribution >= 0.6 is 11.8 Å². The number of amides is 1. The van der Waals surface area contributed by atoms with E-state index < -0.39 is 11.9 Å². The van der Waals surface area contributed by atoms with Crippen LogP contribution in [0, 0.1) is 0 Å². The van der Waals surface area contributed by atoms with Gasteiger partial charge in [0.1, 0.15) is 0 Å². The van der Waals surface area contributed by atoms with Crippen molar-refractivity contribution < 1.29 is 14.3 Å². The summed E-state index contributed by atoms with van der Waals surface area (Å²) in [5, 5.41) is 2.42. The molecule has 0 bridgehead atoms. The normalized spacial score (nSPS) is 9.47. The van der Waals surface area contributed by atoms with Gasteiger partial charge in [0.25, 0.3) is 0 Å². The molecule has 0 aliphatic carbocycles. The Morgan fingerprint density at radius 2 is 1.87 bits per heavy atom. The van der Waals surface area contributed by atoms with Crippen LogP contribution in [0.25, 0.3) is 0 Å². The molecular weight excluding hydrogens is 214 g/mol. The number of esters is 1. The van der Waals surface area contributed by atoms with E-state index in [1.54, 1.807) is 23.9 Å². The molecule has 0 unspecified atom stereocenters. The Balaban J connectivity index is 2.65. The second-order valence-electron chi connectivity index (χ2n) is 2.67. The van der Waals surface area contributed by atoms with Crippen LogP contribution in [0.4, 0.5) is 5.69 Å².